The Morgan fingerprint density at radius 1 is 1.50 bits per heavy atom. The number of carbonyl (C=O) groups is 2. The van der Waals surface area contributed by atoms with Gasteiger partial charge in [-0.15, -0.1) is 0 Å². The number of amides is 1. The molecule has 96 valence electrons. The van der Waals surface area contributed by atoms with Crippen LogP contribution in [0.1, 0.15) is 30.3 Å². The number of ketones is 1. The Kier molecular flexibility index (Phi) is 4.01. The fourth-order valence-corrected chi connectivity index (χ4v) is 2.39. The smallest absolute Gasteiger partial charge is 0.273 e. The molecule has 5 heteroatoms. The predicted molar refractivity (Wildman–Crippen MR) is 71.8 cm³/mol. The fraction of sp³-hybridized carbons (Fsp3) is 0.462. The van der Waals surface area contributed by atoms with Crippen LogP contribution in [0.4, 0.5) is 0 Å². The second kappa shape index (κ2) is 5.52. The minimum absolute atomic E-state index is 0.0140. The van der Waals surface area contributed by atoms with E-state index in [1.54, 1.807) is 36.2 Å². The molecule has 1 fully saturated rings. The predicted octanol–water partition coefficient (Wildman–Crippen LogP) is 1.57. The van der Waals surface area contributed by atoms with Crippen molar-refractivity contribution in [1.82, 2.24) is 9.88 Å². The Hall–Kier alpha value is -1.36. The van der Waals surface area contributed by atoms with E-state index in [9.17, 15) is 9.59 Å². The van der Waals surface area contributed by atoms with Gasteiger partial charge in [0.1, 0.15) is 5.69 Å². The second-order valence-corrected chi connectivity index (χ2v) is 5.22. The average Bonchev–Trinajstić information content (AvgIpc) is 2.87. The molecule has 1 amide bonds. The van der Waals surface area contributed by atoms with Gasteiger partial charge in [0.05, 0.1) is 11.3 Å². The molecule has 0 radical (unpaired) electrons. The molecule has 2 atom stereocenters. The van der Waals surface area contributed by atoms with Crippen molar-refractivity contribution in [3.8, 4) is 0 Å². The van der Waals surface area contributed by atoms with Crippen molar-refractivity contribution >= 4 is 24.3 Å². The molecule has 1 aromatic rings. The summed E-state index contributed by atoms with van der Waals surface area (Å²) in [5, 5.41) is -0.341. The van der Waals surface area contributed by atoms with Gasteiger partial charge in [0.25, 0.3) is 5.91 Å². The maximum atomic E-state index is 12.3. The molecule has 1 aromatic heterocycles. The third kappa shape index (κ3) is 2.56. The van der Waals surface area contributed by atoms with Crippen LogP contribution in [0, 0.1) is 0 Å². The van der Waals surface area contributed by atoms with Gasteiger partial charge in [0.2, 0.25) is 0 Å². The summed E-state index contributed by atoms with van der Waals surface area (Å²) in [4.78, 5) is 29.9. The van der Waals surface area contributed by atoms with Gasteiger partial charge in [-0.3, -0.25) is 14.6 Å². The van der Waals surface area contributed by atoms with Crippen molar-refractivity contribution in [3.05, 3.63) is 30.1 Å². The number of rotatable bonds is 3. The first-order valence-electron chi connectivity index (χ1n) is 6.05. The zero-order valence-corrected chi connectivity index (χ0v) is 11.1. The standard InChI is InChI=1S/C13H16N2O2S/c1-9(18)12(16)11-6-4-8-15(11)13(17)10-5-2-3-7-14-10/h2-3,5,7,9,11,18H,4,6,8H2,1H3/t9?,11-/m0/s1. The topological polar surface area (TPSA) is 50.3 Å². The third-order valence-corrected chi connectivity index (χ3v) is 3.39. The molecule has 1 aliphatic heterocycles. The lowest BCUT2D eigenvalue weighted by Gasteiger charge is -2.24. The number of aromatic nitrogens is 1. The minimum atomic E-state index is -0.341. The van der Waals surface area contributed by atoms with Crippen LogP contribution in [-0.4, -0.2) is 39.4 Å². The Labute approximate surface area is 112 Å². The summed E-state index contributed by atoms with van der Waals surface area (Å²) in [6, 6.07) is 4.87. The van der Waals surface area contributed by atoms with Crippen LogP contribution in [0.15, 0.2) is 24.4 Å². The van der Waals surface area contributed by atoms with E-state index < -0.39 is 0 Å². The summed E-state index contributed by atoms with van der Waals surface area (Å²) in [6.45, 7) is 2.36. The average molecular weight is 264 g/mol. The van der Waals surface area contributed by atoms with Crippen molar-refractivity contribution in [2.24, 2.45) is 0 Å². The number of Topliss-reactive ketones (excluding diaryl/α,β-unsaturated/α-hetero) is 1. The lowest BCUT2D eigenvalue weighted by atomic mass is 10.1. The van der Waals surface area contributed by atoms with E-state index >= 15 is 0 Å². The van der Waals surface area contributed by atoms with Gasteiger partial charge in [-0.1, -0.05) is 6.07 Å². The van der Waals surface area contributed by atoms with Crippen molar-refractivity contribution in [1.29, 1.82) is 0 Å². The Balaban J connectivity index is 2.17. The van der Waals surface area contributed by atoms with E-state index in [1.807, 2.05) is 0 Å². The van der Waals surface area contributed by atoms with Crippen molar-refractivity contribution in [2.45, 2.75) is 31.1 Å². The summed E-state index contributed by atoms with van der Waals surface area (Å²) in [7, 11) is 0. The van der Waals surface area contributed by atoms with Crippen molar-refractivity contribution < 1.29 is 9.59 Å². The number of thiol groups is 1. The third-order valence-electron chi connectivity index (χ3n) is 3.14. The monoisotopic (exact) mass is 264 g/mol. The highest BCUT2D eigenvalue weighted by atomic mass is 32.1. The molecule has 0 N–H and O–H groups in total. The lowest BCUT2D eigenvalue weighted by Crippen LogP contribution is -2.43. The van der Waals surface area contributed by atoms with Crippen LogP contribution in [0.25, 0.3) is 0 Å². The SMILES string of the molecule is CC(S)C(=O)[C@@H]1CCCN1C(=O)c1ccccn1. The molecule has 2 rings (SSSR count). The van der Waals surface area contributed by atoms with Gasteiger partial charge in [-0.05, 0) is 31.9 Å². The summed E-state index contributed by atoms with van der Waals surface area (Å²) < 4.78 is 0. The Morgan fingerprint density at radius 3 is 2.89 bits per heavy atom. The maximum absolute atomic E-state index is 12.3. The molecule has 0 aromatic carbocycles. The first kappa shape index (κ1) is 13.1. The van der Waals surface area contributed by atoms with E-state index in [-0.39, 0.29) is 23.0 Å². The van der Waals surface area contributed by atoms with E-state index in [0.717, 1.165) is 12.8 Å². The van der Waals surface area contributed by atoms with Crippen molar-refractivity contribution in [3.63, 3.8) is 0 Å². The largest absolute Gasteiger partial charge is 0.327 e. The molecule has 0 aliphatic carbocycles. The minimum Gasteiger partial charge on any atom is -0.327 e. The van der Waals surface area contributed by atoms with Crippen LogP contribution in [0.2, 0.25) is 0 Å². The summed E-state index contributed by atoms with van der Waals surface area (Å²) >= 11 is 4.16. The molecule has 0 saturated carbocycles. The van der Waals surface area contributed by atoms with Crippen LogP contribution >= 0.6 is 12.6 Å². The highest BCUT2D eigenvalue weighted by molar-refractivity contribution is 7.81. The molecule has 2 heterocycles. The first-order valence-corrected chi connectivity index (χ1v) is 6.56. The van der Waals surface area contributed by atoms with Gasteiger partial charge in [-0.25, -0.2) is 0 Å². The van der Waals surface area contributed by atoms with Crippen LogP contribution in [0.3, 0.4) is 0 Å². The maximum Gasteiger partial charge on any atom is 0.273 e. The first-order chi connectivity index (χ1) is 8.61. The molecule has 1 saturated heterocycles. The number of hydrogen-bond donors (Lipinski definition) is 1. The Bertz CT molecular complexity index is 448. The van der Waals surface area contributed by atoms with Gasteiger partial charge < -0.3 is 4.90 Å². The van der Waals surface area contributed by atoms with Gasteiger partial charge in [0, 0.05) is 12.7 Å². The number of nitrogens with zero attached hydrogens (tertiary/aromatic N) is 2. The number of likely N-dealkylation sites (tertiary alicyclic amines) is 1. The highest BCUT2D eigenvalue weighted by Gasteiger charge is 2.35. The normalized spacial score (nSPS) is 20.8. The molecule has 4 nitrogen and oxygen atoms in total. The zero-order chi connectivity index (χ0) is 13.1. The van der Waals surface area contributed by atoms with E-state index in [2.05, 4.69) is 17.6 Å². The number of hydrogen-bond acceptors (Lipinski definition) is 4. The summed E-state index contributed by atoms with van der Waals surface area (Å²) in [5.74, 6) is -0.152. The lowest BCUT2D eigenvalue weighted by molar-refractivity contribution is -0.121. The second-order valence-electron chi connectivity index (χ2n) is 4.45. The van der Waals surface area contributed by atoms with E-state index in [1.165, 1.54) is 0 Å². The van der Waals surface area contributed by atoms with Crippen LogP contribution < -0.4 is 0 Å². The molecule has 18 heavy (non-hydrogen) atoms. The van der Waals surface area contributed by atoms with Crippen LogP contribution in [0.5, 0.6) is 0 Å². The molecule has 0 spiro atoms. The zero-order valence-electron chi connectivity index (χ0n) is 10.2. The quantitative estimate of drug-likeness (QED) is 0.843. The van der Waals surface area contributed by atoms with Gasteiger partial charge >= 0.3 is 0 Å². The fourth-order valence-electron chi connectivity index (χ4n) is 2.22. The van der Waals surface area contributed by atoms with Crippen molar-refractivity contribution in [2.75, 3.05) is 6.54 Å². The van der Waals surface area contributed by atoms with E-state index in [0.29, 0.717) is 12.2 Å². The van der Waals surface area contributed by atoms with Gasteiger partial charge in [0.15, 0.2) is 5.78 Å². The summed E-state index contributed by atoms with van der Waals surface area (Å²) in [5.41, 5.74) is 0.393. The molecular formula is C13H16N2O2S. The number of pyridine rings is 1. The molecule has 1 aliphatic rings. The van der Waals surface area contributed by atoms with Gasteiger partial charge in [-0.2, -0.15) is 12.6 Å². The van der Waals surface area contributed by atoms with Crippen LogP contribution in [-0.2, 0) is 4.79 Å². The molecule has 0 bridgehead atoms. The molecule has 1 unspecified atom stereocenters. The highest BCUT2D eigenvalue weighted by Crippen LogP contribution is 2.22. The molecular weight excluding hydrogens is 248 g/mol. The Morgan fingerprint density at radius 2 is 2.28 bits per heavy atom. The van der Waals surface area contributed by atoms with E-state index in [4.69, 9.17) is 0 Å². The summed E-state index contributed by atoms with van der Waals surface area (Å²) in [6.07, 6.45) is 3.17. The number of carbonyl (C=O) groups excluding carboxylic acids is 2.